The highest BCUT2D eigenvalue weighted by molar-refractivity contribution is 7.99. The maximum absolute atomic E-state index is 10.4. The Morgan fingerprint density at radius 2 is 2.31 bits per heavy atom. The average Bonchev–Trinajstić information content (AvgIpc) is 2.74. The molecule has 0 aliphatic carbocycles. The summed E-state index contributed by atoms with van der Waals surface area (Å²) in [6.07, 6.45) is 0.689. The Balaban J connectivity index is 2.74. The Labute approximate surface area is 97.4 Å². The van der Waals surface area contributed by atoms with Crippen molar-refractivity contribution in [2.75, 3.05) is 12.9 Å². The monoisotopic (exact) mass is 246 g/mol. The van der Waals surface area contributed by atoms with Gasteiger partial charge in [0.2, 0.25) is 5.89 Å². The molecule has 0 aliphatic heterocycles. The van der Waals surface area contributed by atoms with E-state index in [9.17, 15) is 4.79 Å². The first-order valence-corrected chi connectivity index (χ1v) is 5.74. The number of hydrogen-bond donors (Lipinski definition) is 1. The summed E-state index contributed by atoms with van der Waals surface area (Å²) >= 11 is 0.991. The molecule has 0 bridgehead atoms. The van der Waals surface area contributed by atoms with E-state index < -0.39 is 11.6 Å². The predicted molar refractivity (Wildman–Crippen MR) is 57.3 cm³/mol. The molecule has 0 spiro atoms. The highest BCUT2D eigenvalue weighted by Crippen LogP contribution is 2.28. The second-order valence-electron chi connectivity index (χ2n) is 3.34. The van der Waals surface area contributed by atoms with Crippen molar-refractivity contribution in [2.45, 2.75) is 31.1 Å². The van der Waals surface area contributed by atoms with Crippen LogP contribution in [0.4, 0.5) is 0 Å². The van der Waals surface area contributed by atoms with Crippen molar-refractivity contribution in [3.05, 3.63) is 5.89 Å². The van der Waals surface area contributed by atoms with E-state index in [4.69, 9.17) is 14.3 Å². The third kappa shape index (κ3) is 2.96. The minimum atomic E-state index is -0.922. The van der Waals surface area contributed by atoms with E-state index in [2.05, 4.69) is 10.2 Å². The number of nitrogens with zero attached hydrogens (tertiary/aromatic N) is 2. The van der Waals surface area contributed by atoms with Crippen LogP contribution in [0.5, 0.6) is 0 Å². The zero-order chi connectivity index (χ0) is 12.2. The van der Waals surface area contributed by atoms with Gasteiger partial charge in [-0.1, -0.05) is 18.7 Å². The second kappa shape index (κ2) is 5.31. The quantitative estimate of drug-likeness (QED) is 0.761. The number of aliphatic carboxylic acids is 1. The molecule has 1 aromatic rings. The summed E-state index contributed by atoms with van der Waals surface area (Å²) in [5, 5.41) is 16.3. The molecule has 0 amide bonds. The maximum atomic E-state index is 10.4. The molecule has 7 heteroatoms. The first-order chi connectivity index (χ1) is 7.51. The van der Waals surface area contributed by atoms with Crippen LogP contribution in [0.1, 0.15) is 26.2 Å². The zero-order valence-electron chi connectivity index (χ0n) is 9.39. The number of aromatic nitrogens is 2. The largest absolute Gasteiger partial charge is 0.481 e. The SMILES string of the molecule is CCC(C)(OC)c1nnc(SCC(=O)O)o1. The fourth-order valence-electron chi connectivity index (χ4n) is 0.988. The molecule has 0 saturated heterocycles. The summed E-state index contributed by atoms with van der Waals surface area (Å²) in [6, 6.07) is 0. The topological polar surface area (TPSA) is 85.5 Å². The number of carbonyl (C=O) groups is 1. The van der Waals surface area contributed by atoms with Crippen LogP contribution >= 0.6 is 11.8 Å². The molecule has 0 aromatic carbocycles. The minimum Gasteiger partial charge on any atom is -0.481 e. The third-order valence-electron chi connectivity index (χ3n) is 2.30. The van der Waals surface area contributed by atoms with Gasteiger partial charge in [-0.25, -0.2) is 0 Å². The van der Waals surface area contributed by atoms with Gasteiger partial charge in [0.25, 0.3) is 5.22 Å². The molecule has 0 aliphatic rings. The van der Waals surface area contributed by atoms with Gasteiger partial charge < -0.3 is 14.3 Å². The van der Waals surface area contributed by atoms with Crippen LogP contribution in [0.2, 0.25) is 0 Å². The van der Waals surface area contributed by atoms with Crippen LogP contribution in [-0.2, 0) is 15.1 Å². The number of hydrogen-bond acceptors (Lipinski definition) is 6. The van der Waals surface area contributed by atoms with E-state index in [-0.39, 0.29) is 11.0 Å². The lowest BCUT2D eigenvalue weighted by Gasteiger charge is -2.21. The molecule has 90 valence electrons. The predicted octanol–water partition coefficient (Wildman–Crippen LogP) is 1.52. The standard InChI is InChI=1S/C9H14N2O4S/c1-4-9(2,14-3)7-10-11-8(15-7)16-5-6(12)13/h4-5H2,1-3H3,(H,12,13). The van der Waals surface area contributed by atoms with E-state index in [1.54, 1.807) is 7.11 Å². The number of methoxy groups -OCH3 is 1. The fraction of sp³-hybridized carbons (Fsp3) is 0.667. The van der Waals surface area contributed by atoms with Crippen LogP contribution in [0.25, 0.3) is 0 Å². The number of carboxylic acid groups (broad SMARTS) is 1. The minimum absolute atomic E-state index is 0.0997. The van der Waals surface area contributed by atoms with E-state index in [0.717, 1.165) is 11.8 Å². The lowest BCUT2D eigenvalue weighted by Crippen LogP contribution is -2.23. The molecular weight excluding hydrogens is 232 g/mol. The lowest BCUT2D eigenvalue weighted by molar-refractivity contribution is -0.133. The van der Waals surface area contributed by atoms with Gasteiger partial charge in [-0.15, -0.1) is 10.2 Å². The Kier molecular flexibility index (Phi) is 4.31. The molecule has 6 nitrogen and oxygen atoms in total. The van der Waals surface area contributed by atoms with Gasteiger partial charge in [0.15, 0.2) is 0 Å². The summed E-state index contributed by atoms with van der Waals surface area (Å²) < 4.78 is 10.6. The van der Waals surface area contributed by atoms with Crippen molar-refractivity contribution in [2.24, 2.45) is 0 Å². The van der Waals surface area contributed by atoms with Crippen LogP contribution < -0.4 is 0 Å². The summed E-state index contributed by atoms with van der Waals surface area (Å²) in [6.45, 7) is 3.78. The fourth-order valence-corrected chi connectivity index (χ4v) is 1.47. The molecule has 1 aromatic heterocycles. The summed E-state index contributed by atoms with van der Waals surface area (Å²) in [5.74, 6) is -0.655. The molecule has 0 radical (unpaired) electrons. The molecule has 1 unspecified atom stereocenters. The maximum Gasteiger partial charge on any atom is 0.314 e. The van der Waals surface area contributed by atoms with E-state index in [1.807, 2.05) is 13.8 Å². The van der Waals surface area contributed by atoms with Crippen LogP contribution in [0, 0.1) is 0 Å². The lowest BCUT2D eigenvalue weighted by atomic mass is 10.0. The number of rotatable bonds is 6. The molecule has 1 N–H and O–H groups in total. The normalized spacial score (nSPS) is 14.7. The van der Waals surface area contributed by atoms with Crippen molar-refractivity contribution in [1.29, 1.82) is 0 Å². The number of carboxylic acids is 1. The Morgan fingerprint density at radius 3 is 2.81 bits per heavy atom. The smallest absolute Gasteiger partial charge is 0.314 e. The van der Waals surface area contributed by atoms with Crippen LogP contribution in [0.15, 0.2) is 9.64 Å². The molecule has 1 heterocycles. The zero-order valence-corrected chi connectivity index (χ0v) is 10.2. The van der Waals surface area contributed by atoms with E-state index in [0.29, 0.717) is 12.3 Å². The summed E-state index contributed by atoms with van der Waals surface area (Å²) in [7, 11) is 1.57. The summed E-state index contributed by atoms with van der Waals surface area (Å²) in [4.78, 5) is 10.4. The van der Waals surface area contributed by atoms with Gasteiger partial charge in [0.1, 0.15) is 11.4 Å². The van der Waals surface area contributed by atoms with E-state index in [1.165, 1.54) is 0 Å². The summed E-state index contributed by atoms with van der Waals surface area (Å²) in [5.41, 5.74) is -0.616. The van der Waals surface area contributed by atoms with E-state index >= 15 is 0 Å². The Morgan fingerprint density at radius 1 is 1.62 bits per heavy atom. The van der Waals surface area contributed by atoms with Crippen molar-refractivity contribution in [1.82, 2.24) is 10.2 Å². The van der Waals surface area contributed by atoms with Gasteiger partial charge in [0, 0.05) is 7.11 Å². The molecule has 1 rings (SSSR count). The Hall–Kier alpha value is -1.08. The second-order valence-corrected chi connectivity index (χ2v) is 4.27. The highest BCUT2D eigenvalue weighted by atomic mass is 32.2. The van der Waals surface area contributed by atoms with Gasteiger partial charge in [-0.2, -0.15) is 0 Å². The molecule has 0 fully saturated rings. The number of thioether (sulfide) groups is 1. The van der Waals surface area contributed by atoms with Crippen molar-refractivity contribution in [3.63, 3.8) is 0 Å². The first-order valence-electron chi connectivity index (χ1n) is 4.75. The molecular formula is C9H14N2O4S. The van der Waals surface area contributed by atoms with Crippen molar-refractivity contribution < 1.29 is 19.1 Å². The van der Waals surface area contributed by atoms with Gasteiger partial charge in [-0.05, 0) is 13.3 Å². The molecule has 16 heavy (non-hydrogen) atoms. The van der Waals surface area contributed by atoms with Gasteiger partial charge >= 0.3 is 5.97 Å². The van der Waals surface area contributed by atoms with Crippen LogP contribution in [-0.4, -0.2) is 34.1 Å². The first kappa shape index (κ1) is 13.0. The van der Waals surface area contributed by atoms with Gasteiger partial charge in [-0.3, -0.25) is 4.79 Å². The number of ether oxygens (including phenoxy) is 1. The van der Waals surface area contributed by atoms with Crippen LogP contribution in [0.3, 0.4) is 0 Å². The molecule has 1 atom stereocenters. The molecule has 0 saturated carbocycles. The van der Waals surface area contributed by atoms with Gasteiger partial charge in [0.05, 0.1) is 0 Å². The third-order valence-corrected chi connectivity index (χ3v) is 3.11. The highest BCUT2D eigenvalue weighted by Gasteiger charge is 2.30. The Bertz CT molecular complexity index is 362. The van der Waals surface area contributed by atoms with Crippen molar-refractivity contribution in [3.8, 4) is 0 Å². The average molecular weight is 246 g/mol. The van der Waals surface area contributed by atoms with Crippen molar-refractivity contribution >= 4 is 17.7 Å².